The summed E-state index contributed by atoms with van der Waals surface area (Å²) < 4.78 is 26.9. The molecule has 0 unspecified atom stereocenters. The first kappa shape index (κ1) is 15.6. The van der Waals surface area contributed by atoms with Gasteiger partial charge in [0.25, 0.3) is 0 Å². The fourth-order valence-corrected chi connectivity index (χ4v) is 3.66. The molecule has 3 N–H and O–H groups in total. The van der Waals surface area contributed by atoms with Crippen LogP contribution < -0.4 is 10.5 Å². The number of benzene rings is 1. The Balaban J connectivity index is 3.17. The molecule has 0 fully saturated rings. The Hall–Kier alpha value is -0.490. The topological polar surface area (TPSA) is 72.2 Å². The zero-order chi connectivity index (χ0) is 13.9. The summed E-state index contributed by atoms with van der Waals surface area (Å²) in [4.78, 5) is -0.0435. The normalized spacial score (nSPS) is 12.1. The Labute approximate surface area is 118 Å². The van der Waals surface area contributed by atoms with Crippen LogP contribution in [0.2, 0.25) is 10.0 Å². The number of rotatable bonds is 5. The molecule has 1 rings (SSSR count). The Morgan fingerprint density at radius 3 is 2.33 bits per heavy atom. The molecule has 0 aliphatic carbocycles. The molecule has 0 heterocycles. The van der Waals surface area contributed by atoms with Crippen LogP contribution in [0.3, 0.4) is 0 Å². The highest BCUT2D eigenvalue weighted by Crippen LogP contribution is 2.33. The monoisotopic (exact) mass is 310 g/mol. The minimum absolute atomic E-state index is 0.0408. The lowest BCUT2D eigenvalue weighted by Gasteiger charge is -2.16. The van der Waals surface area contributed by atoms with Gasteiger partial charge in [0.1, 0.15) is 4.90 Å². The van der Waals surface area contributed by atoms with E-state index in [1.165, 1.54) is 12.1 Å². The maximum absolute atomic E-state index is 12.2. The van der Waals surface area contributed by atoms with Gasteiger partial charge in [0.15, 0.2) is 0 Å². The molecule has 0 saturated heterocycles. The molecule has 0 saturated carbocycles. The number of hydrogen-bond donors (Lipinski definition) is 2. The number of halogens is 2. The van der Waals surface area contributed by atoms with Gasteiger partial charge in [0.05, 0.1) is 15.7 Å². The largest absolute Gasteiger partial charge is 0.396 e. The van der Waals surface area contributed by atoms with Crippen LogP contribution in [0.25, 0.3) is 0 Å². The zero-order valence-electron chi connectivity index (χ0n) is 10.2. The van der Waals surface area contributed by atoms with Crippen LogP contribution in [0, 0.1) is 0 Å². The number of anilines is 1. The Kier molecular flexibility index (Phi) is 5.28. The summed E-state index contributed by atoms with van der Waals surface area (Å²) in [7, 11) is -3.67. The summed E-state index contributed by atoms with van der Waals surface area (Å²) in [5, 5.41) is 0.197. The highest BCUT2D eigenvalue weighted by molar-refractivity contribution is 7.89. The first-order chi connectivity index (χ1) is 8.33. The van der Waals surface area contributed by atoms with Gasteiger partial charge in [0.2, 0.25) is 10.0 Å². The molecular formula is C11H16Cl2N2O2S. The third-order valence-corrected chi connectivity index (χ3v) is 5.10. The molecule has 0 aliphatic heterocycles. The standard InChI is InChI=1S/C11H16Cl2N2O2S/c1-3-7(4-2)15-18(16,17)9-6-5-8(12)11(14)10(9)13/h5-7,15H,3-4,14H2,1-2H3. The van der Waals surface area contributed by atoms with E-state index < -0.39 is 10.0 Å². The van der Waals surface area contributed by atoms with Gasteiger partial charge in [-0.25, -0.2) is 13.1 Å². The molecule has 0 aromatic heterocycles. The fourth-order valence-electron chi connectivity index (χ4n) is 1.50. The minimum Gasteiger partial charge on any atom is -0.396 e. The summed E-state index contributed by atoms with van der Waals surface area (Å²) in [5.74, 6) is 0. The average Bonchev–Trinajstić information content (AvgIpc) is 2.32. The van der Waals surface area contributed by atoms with Crippen molar-refractivity contribution < 1.29 is 8.42 Å². The summed E-state index contributed by atoms with van der Waals surface area (Å²) in [5.41, 5.74) is 5.69. The molecule has 0 radical (unpaired) electrons. The summed E-state index contributed by atoms with van der Waals surface area (Å²) in [6.07, 6.45) is 1.41. The van der Waals surface area contributed by atoms with E-state index in [1.807, 2.05) is 13.8 Å². The second kappa shape index (κ2) is 6.10. The molecular weight excluding hydrogens is 295 g/mol. The van der Waals surface area contributed by atoms with E-state index in [2.05, 4.69) is 4.72 Å². The SMILES string of the molecule is CCC(CC)NS(=O)(=O)c1ccc(Cl)c(N)c1Cl. The van der Waals surface area contributed by atoms with Crippen molar-refractivity contribution in [3.63, 3.8) is 0 Å². The third-order valence-electron chi connectivity index (χ3n) is 2.69. The fraction of sp³-hybridized carbons (Fsp3) is 0.455. The van der Waals surface area contributed by atoms with Crippen molar-refractivity contribution in [1.82, 2.24) is 4.72 Å². The quantitative estimate of drug-likeness (QED) is 0.821. The van der Waals surface area contributed by atoms with Gasteiger partial charge in [0, 0.05) is 6.04 Å². The van der Waals surface area contributed by atoms with Crippen LogP contribution in [0.5, 0.6) is 0 Å². The zero-order valence-corrected chi connectivity index (χ0v) is 12.5. The summed E-state index contributed by atoms with van der Waals surface area (Å²) in [6.45, 7) is 3.82. The van der Waals surface area contributed by atoms with Gasteiger partial charge < -0.3 is 5.73 Å². The van der Waals surface area contributed by atoms with E-state index in [0.717, 1.165) is 0 Å². The van der Waals surface area contributed by atoms with E-state index in [4.69, 9.17) is 28.9 Å². The second-order valence-corrected chi connectivity index (χ2v) is 6.38. The smallest absolute Gasteiger partial charge is 0.242 e. The van der Waals surface area contributed by atoms with Gasteiger partial charge in [-0.1, -0.05) is 37.0 Å². The molecule has 0 bridgehead atoms. The summed E-state index contributed by atoms with van der Waals surface area (Å²) >= 11 is 11.7. The molecule has 0 atom stereocenters. The lowest BCUT2D eigenvalue weighted by molar-refractivity contribution is 0.530. The first-order valence-electron chi connectivity index (χ1n) is 5.59. The van der Waals surface area contributed by atoms with Crippen LogP contribution in [-0.4, -0.2) is 14.5 Å². The molecule has 18 heavy (non-hydrogen) atoms. The van der Waals surface area contributed by atoms with Gasteiger partial charge in [-0.05, 0) is 25.0 Å². The van der Waals surface area contributed by atoms with E-state index >= 15 is 0 Å². The molecule has 1 aromatic rings. The van der Waals surface area contributed by atoms with E-state index in [-0.39, 0.29) is 26.7 Å². The minimum atomic E-state index is -3.67. The number of nitrogens with two attached hydrogens (primary N) is 1. The van der Waals surface area contributed by atoms with Crippen molar-refractivity contribution in [3.05, 3.63) is 22.2 Å². The van der Waals surface area contributed by atoms with Crippen molar-refractivity contribution in [3.8, 4) is 0 Å². The predicted octanol–water partition coefficient (Wildman–Crippen LogP) is 3.04. The Morgan fingerprint density at radius 2 is 1.83 bits per heavy atom. The van der Waals surface area contributed by atoms with Crippen LogP contribution in [0.4, 0.5) is 5.69 Å². The molecule has 1 aromatic carbocycles. The van der Waals surface area contributed by atoms with Crippen molar-refractivity contribution in [2.24, 2.45) is 0 Å². The first-order valence-corrected chi connectivity index (χ1v) is 7.83. The van der Waals surface area contributed by atoms with Crippen LogP contribution in [0.15, 0.2) is 17.0 Å². The number of nitrogens with one attached hydrogen (secondary N) is 1. The van der Waals surface area contributed by atoms with Crippen molar-refractivity contribution in [1.29, 1.82) is 0 Å². The van der Waals surface area contributed by atoms with E-state index in [1.54, 1.807) is 0 Å². The summed E-state index contributed by atoms with van der Waals surface area (Å²) in [6, 6.07) is 2.65. The Morgan fingerprint density at radius 1 is 1.28 bits per heavy atom. The van der Waals surface area contributed by atoms with Gasteiger partial charge >= 0.3 is 0 Å². The van der Waals surface area contributed by atoms with E-state index in [0.29, 0.717) is 12.8 Å². The third kappa shape index (κ3) is 3.29. The number of sulfonamides is 1. The lowest BCUT2D eigenvalue weighted by Crippen LogP contribution is -2.34. The molecule has 0 amide bonds. The molecule has 0 spiro atoms. The van der Waals surface area contributed by atoms with Crippen LogP contribution in [0.1, 0.15) is 26.7 Å². The number of hydrogen-bond acceptors (Lipinski definition) is 3. The number of nitrogen functional groups attached to an aromatic ring is 1. The van der Waals surface area contributed by atoms with Gasteiger partial charge in [-0.2, -0.15) is 0 Å². The maximum Gasteiger partial charge on any atom is 0.242 e. The van der Waals surface area contributed by atoms with Crippen molar-refractivity contribution in [2.75, 3.05) is 5.73 Å². The highest BCUT2D eigenvalue weighted by Gasteiger charge is 2.22. The van der Waals surface area contributed by atoms with Crippen LogP contribution in [-0.2, 0) is 10.0 Å². The average molecular weight is 311 g/mol. The maximum atomic E-state index is 12.2. The predicted molar refractivity (Wildman–Crippen MR) is 75.6 cm³/mol. The van der Waals surface area contributed by atoms with Gasteiger partial charge in [-0.15, -0.1) is 0 Å². The van der Waals surface area contributed by atoms with Gasteiger partial charge in [-0.3, -0.25) is 0 Å². The Bertz CT molecular complexity index is 528. The molecule has 0 aliphatic rings. The van der Waals surface area contributed by atoms with Crippen LogP contribution >= 0.6 is 23.2 Å². The molecule has 102 valence electrons. The molecule has 7 heteroatoms. The van der Waals surface area contributed by atoms with Crippen molar-refractivity contribution >= 4 is 38.9 Å². The molecule has 4 nitrogen and oxygen atoms in total. The highest BCUT2D eigenvalue weighted by atomic mass is 35.5. The lowest BCUT2D eigenvalue weighted by atomic mass is 10.2. The second-order valence-electron chi connectivity index (χ2n) is 3.91. The van der Waals surface area contributed by atoms with Crippen molar-refractivity contribution in [2.45, 2.75) is 37.6 Å². The van der Waals surface area contributed by atoms with E-state index in [9.17, 15) is 8.42 Å².